The number of cyclic esters (lactones) is 1. The van der Waals surface area contributed by atoms with Gasteiger partial charge in [0.1, 0.15) is 24.7 Å². The van der Waals surface area contributed by atoms with Gasteiger partial charge in [0.2, 0.25) is 17.7 Å². The van der Waals surface area contributed by atoms with Crippen molar-refractivity contribution in [1.29, 1.82) is 0 Å². The average molecular weight is 633 g/mol. The SMILES string of the molecule is C=C1CC(=O)N[C@@H](C)C(=O)N(C)C(Cc2cn(Cc3ccccc3)nn2)C(=O)NCC(=O)O[C@@H](/C(C)=C/C(C)=C/C(C)(C)C)[C@@H]1C. The molecule has 0 spiro atoms. The lowest BCUT2D eigenvalue weighted by molar-refractivity contribution is -0.149. The third-order valence-corrected chi connectivity index (χ3v) is 7.76. The Morgan fingerprint density at radius 2 is 1.78 bits per heavy atom. The van der Waals surface area contributed by atoms with Crippen molar-refractivity contribution in [2.45, 2.75) is 86.0 Å². The zero-order valence-electron chi connectivity index (χ0n) is 28.3. The summed E-state index contributed by atoms with van der Waals surface area (Å²) in [6.45, 7) is 17.7. The van der Waals surface area contributed by atoms with Gasteiger partial charge < -0.3 is 20.3 Å². The van der Waals surface area contributed by atoms with Crippen LogP contribution in [0.1, 0.15) is 66.1 Å². The number of aromatic nitrogens is 3. The number of esters is 1. The molecule has 0 radical (unpaired) electrons. The molecule has 1 aliphatic heterocycles. The molecule has 2 N–H and O–H groups in total. The Morgan fingerprint density at radius 1 is 1.11 bits per heavy atom. The maximum absolute atomic E-state index is 13.5. The van der Waals surface area contributed by atoms with Gasteiger partial charge >= 0.3 is 5.97 Å². The zero-order chi connectivity index (χ0) is 34.2. The third-order valence-electron chi connectivity index (χ3n) is 7.76. The van der Waals surface area contributed by atoms with Gasteiger partial charge in [-0.1, -0.05) is 93.1 Å². The number of rotatable bonds is 6. The summed E-state index contributed by atoms with van der Waals surface area (Å²) < 4.78 is 7.57. The predicted octanol–water partition coefficient (Wildman–Crippen LogP) is 3.76. The number of carbonyl (C=O) groups is 4. The van der Waals surface area contributed by atoms with E-state index in [0.29, 0.717) is 17.8 Å². The van der Waals surface area contributed by atoms with Crippen LogP contribution in [0.2, 0.25) is 0 Å². The third kappa shape index (κ3) is 10.5. The molecule has 248 valence electrons. The second-order valence-electron chi connectivity index (χ2n) is 13.2. The van der Waals surface area contributed by atoms with Gasteiger partial charge in [-0.15, -0.1) is 5.10 Å². The number of benzene rings is 1. The summed E-state index contributed by atoms with van der Waals surface area (Å²) in [7, 11) is 1.48. The largest absolute Gasteiger partial charge is 0.456 e. The van der Waals surface area contributed by atoms with Crippen molar-refractivity contribution in [2.75, 3.05) is 13.6 Å². The maximum Gasteiger partial charge on any atom is 0.326 e. The molecule has 4 atom stereocenters. The van der Waals surface area contributed by atoms with Crippen LogP contribution in [0.15, 0.2) is 72.0 Å². The van der Waals surface area contributed by atoms with Crippen LogP contribution in [0.25, 0.3) is 0 Å². The van der Waals surface area contributed by atoms with E-state index in [2.05, 4.69) is 54.4 Å². The first kappa shape index (κ1) is 35.9. The van der Waals surface area contributed by atoms with Crippen molar-refractivity contribution in [3.05, 3.63) is 83.2 Å². The van der Waals surface area contributed by atoms with Crippen LogP contribution < -0.4 is 10.6 Å². The topological polar surface area (TPSA) is 136 Å². The first-order valence-electron chi connectivity index (χ1n) is 15.6. The second-order valence-corrected chi connectivity index (χ2v) is 13.2. The molecule has 3 amide bonds. The Kier molecular flexibility index (Phi) is 12.2. The number of hydrogen-bond acceptors (Lipinski definition) is 7. The fourth-order valence-electron chi connectivity index (χ4n) is 5.49. The highest BCUT2D eigenvalue weighted by atomic mass is 16.5. The van der Waals surface area contributed by atoms with Crippen LogP contribution in [0.4, 0.5) is 0 Å². The molecule has 1 aliphatic rings. The van der Waals surface area contributed by atoms with Gasteiger partial charge in [0.15, 0.2) is 0 Å². The molecular formula is C35H48N6O5. The van der Waals surface area contributed by atoms with Crippen molar-refractivity contribution in [3.8, 4) is 0 Å². The number of allylic oxidation sites excluding steroid dienone is 3. The number of carbonyl (C=O) groups excluding carboxylic acids is 4. The highest BCUT2D eigenvalue weighted by Crippen LogP contribution is 2.27. The molecule has 2 heterocycles. The van der Waals surface area contributed by atoms with E-state index in [-0.39, 0.29) is 18.3 Å². The van der Waals surface area contributed by atoms with Crippen LogP contribution in [-0.2, 0) is 36.9 Å². The van der Waals surface area contributed by atoms with E-state index in [0.717, 1.165) is 16.7 Å². The monoisotopic (exact) mass is 632 g/mol. The fourth-order valence-corrected chi connectivity index (χ4v) is 5.49. The highest BCUT2D eigenvalue weighted by Gasteiger charge is 2.33. The Labute approximate surface area is 272 Å². The fraction of sp³-hybridized carbons (Fsp3) is 0.486. The van der Waals surface area contributed by atoms with Crippen molar-refractivity contribution in [1.82, 2.24) is 30.5 Å². The van der Waals surface area contributed by atoms with Crippen LogP contribution in [-0.4, -0.2) is 75.4 Å². The minimum atomic E-state index is -1.04. The van der Waals surface area contributed by atoms with Crippen molar-refractivity contribution < 1.29 is 23.9 Å². The summed E-state index contributed by atoms with van der Waals surface area (Å²) in [6, 6.07) is 7.77. The Bertz CT molecular complexity index is 1490. The van der Waals surface area contributed by atoms with E-state index < -0.39 is 54.3 Å². The van der Waals surface area contributed by atoms with E-state index in [1.54, 1.807) is 17.8 Å². The van der Waals surface area contributed by atoms with Crippen molar-refractivity contribution in [2.24, 2.45) is 11.3 Å². The molecule has 2 aromatic rings. The van der Waals surface area contributed by atoms with Gasteiger partial charge in [-0.25, -0.2) is 4.68 Å². The van der Waals surface area contributed by atoms with Gasteiger partial charge in [-0.05, 0) is 37.3 Å². The number of ether oxygens (including phenoxy) is 1. The standard InChI is InChI=1S/C35H48N6O5/c1-22(18-35(6,7)8)15-24(3)32-25(4)23(2)16-30(42)37-26(5)34(45)40(9)29(33(44)36-19-31(43)46-32)17-28-21-41(39-38-28)20-27-13-11-10-12-14-27/h10-15,18,21,25-26,29,32H,2,16-17,19-20H2,1,3-9H3,(H,36,44)(H,37,42)/b22-18+,24-15+/t25-,26+,29?,32+/m1/s1. The lowest BCUT2D eigenvalue weighted by Gasteiger charge is -2.29. The quantitative estimate of drug-likeness (QED) is 0.281. The van der Waals surface area contributed by atoms with E-state index >= 15 is 0 Å². The van der Waals surface area contributed by atoms with Gasteiger partial charge in [0, 0.05) is 32.0 Å². The molecule has 1 aromatic heterocycles. The molecule has 11 heteroatoms. The number of nitrogens with one attached hydrogen (secondary N) is 2. The molecular weight excluding hydrogens is 584 g/mol. The first-order valence-corrected chi connectivity index (χ1v) is 15.6. The molecule has 1 aromatic carbocycles. The summed E-state index contributed by atoms with van der Waals surface area (Å²) in [5.41, 5.74) is 3.78. The minimum Gasteiger partial charge on any atom is -0.456 e. The molecule has 11 nitrogen and oxygen atoms in total. The van der Waals surface area contributed by atoms with E-state index in [1.807, 2.05) is 57.2 Å². The highest BCUT2D eigenvalue weighted by molar-refractivity contribution is 5.93. The van der Waals surface area contributed by atoms with E-state index in [4.69, 9.17) is 4.74 Å². The molecule has 0 bridgehead atoms. The van der Waals surface area contributed by atoms with Gasteiger partial charge in [0.25, 0.3) is 0 Å². The average Bonchev–Trinajstić information content (AvgIpc) is 3.41. The van der Waals surface area contributed by atoms with Crippen molar-refractivity contribution >= 4 is 23.7 Å². The van der Waals surface area contributed by atoms with Crippen LogP contribution >= 0.6 is 0 Å². The second kappa shape index (κ2) is 15.6. The molecule has 0 saturated carbocycles. The number of nitrogens with zero attached hydrogens (tertiary/aromatic N) is 4. The summed E-state index contributed by atoms with van der Waals surface area (Å²) in [4.78, 5) is 54.4. The Balaban J connectivity index is 1.89. The normalized spacial score (nSPS) is 23.3. The van der Waals surface area contributed by atoms with E-state index in [9.17, 15) is 19.2 Å². The zero-order valence-corrected chi connectivity index (χ0v) is 28.3. The van der Waals surface area contributed by atoms with Gasteiger partial charge in [0.05, 0.1) is 12.2 Å². The Morgan fingerprint density at radius 3 is 2.43 bits per heavy atom. The lowest BCUT2D eigenvalue weighted by atomic mass is 9.88. The summed E-state index contributed by atoms with van der Waals surface area (Å²) in [5.74, 6) is -2.52. The molecule has 0 aliphatic carbocycles. The molecule has 1 fully saturated rings. The summed E-state index contributed by atoms with van der Waals surface area (Å²) >= 11 is 0. The molecule has 3 rings (SSSR count). The van der Waals surface area contributed by atoms with E-state index in [1.165, 1.54) is 11.9 Å². The van der Waals surface area contributed by atoms with Crippen LogP contribution in [0, 0.1) is 11.3 Å². The van der Waals surface area contributed by atoms with Gasteiger partial charge in [-0.2, -0.15) is 0 Å². The van der Waals surface area contributed by atoms with Crippen LogP contribution in [0.5, 0.6) is 0 Å². The minimum absolute atomic E-state index is 0.0380. The van der Waals surface area contributed by atoms with Gasteiger partial charge in [-0.3, -0.25) is 19.2 Å². The molecule has 1 saturated heterocycles. The number of hydrogen-bond donors (Lipinski definition) is 2. The smallest absolute Gasteiger partial charge is 0.326 e. The van der Waals surface area contributed by atoms with Crippen LogP contribution in [0.3, 0.4) is 0 Å². The number of amides is 3. The van der Waals surface area contributed by atoms with Crippen molar-refractivity contribution in [3.63, 3.8) is 0 Å². The molecule has 1 unspecified atom stereocenters. The first-order chi connectivity index (χ1) is 21.5. The maximum atomic E-state index is 13.5. The summed E-state index contributed by atoms with van der Waals surface area (Å²) in [5, 5.41) is 13.8. The summed E-state index contributed by atoms with van der Waals surface area (Å²) in [6.07, 6.45) is 5.04. The Hall–Kier alpha value is -4.54. The predicted molar refractivity (Wildman–Crippen MR) is 176 cm³/mol. The lowest BCUT2D eigenvalue weighted by Crippen LogP contribution is -2.54. The number of likely N-dealkylation sites (N-methyl/N-ethyl adjacent to an activating group) is 1. The molecule has 46 heavy (non-hydrogen) atoms.